The quantitative estimate of drug-likeness (QED) is 0.673. The van der Waals surface area contributed by atoms with Crippen molar-refractivity contribution in [3.05, 3.63) is 53.8 Å². The summed E-state index contributed by atoms with van der Waals surface area (Å²) in [5.41, 5.74) is 1.59. The van der Waals surface area contributed by atoms with Gasteiger partial charge in [-0.25, -0.2) is 4.39 Å². The van der Waals surface area contributed by atoms with Crippen LogP contribution in [-0.4, -0.2) is 33.9 Å². The summed E-state index contributed by atoms with van der Waals surface area (Å²) in [6, 6.07) is 14.4. The van der Waals surface area contributed by atoms with Gasteiger partial charge in [-0.05, 0) is 49.1 Å². The molecule has 2 atom stereocenters. The molecule has 3 heterocycles. The number of amides is 1. The number of halogens is 1. The van der Waals surface area contributed by atoms with Crippen LogP contribution in [0, 0.1) is 5.82 Å². The van der Waals surface area contributed by atoms with E-state index in [2.05, 4.69) is 27.3 Å². The number of thiazole rings is 1. The first kappa shape index (κ1) is 18.5. The molecule has 1 aliphatic carbocycles. The van der Waals surface area contributed by atoms with Crippen LogP contribution in [0.2, 0.25) is 0 Å². The van der Waals surface area contributed by atoms with Gasteiger partial charge >= 0.3 is 0 Å². The molecule has 29 heavy (non-hydrogen) atoms. The Labute approximate surface area is 172 Å². The van der Waals surface area contributed by atoms with Crippen LogP contribution in [0.4, 0.5) is 4.39 Å². The third kappa shape index (κ3) is 3.72. The maximum Gasteiger partial charge on any atom is 0.279 e. The lowest BCUT2D eigenvalue weighted by Crippen LogP contribution is -2.63. The van der Waals surface area contributed by atoms with Crippen molar-refractivity contribution in [3.8, 4) is 10.9 Å². The maximum atomic E-state index is 13.8. The van der Waals surface area contributed by atoms with Crippen molar-refractivity contribution in [3.63, 3.8) is 0 Å². The molecule has 2 bridgehead atoms. The lowest BCUT2D eigenvalue weighted by atomic mass is 9.76. The fourth-order valence-corrected chi connectivity index (χ4v) is 5.39. The van der Waals surface area contributed by atoms with Crippen LogP contribution < -0.4 is 10.1 Å². The molecule has 1 N–H and O–H groups in total. The van der Waals surface area contributed by atoms with Gasteiger partial charge in [0.15, 0.2) is 0 Å². The summed E-state index contributed by atoms with van der Waals surface area (Å²) in [6.45, 7) is 2.50. The van der Waals surface area contributed by atoms with Gasteiger partial charge in [-0.15, -0.1) is 0 Å². The lowest BCUT2D eigenvalue weighted by Gasteiger charge is -2.55. The van der Waals surface area contributed by atoms with E-state index >= 15 is 0 Å². The number of hydrogen-bond donors (Lipinski definition) is 1. The summed E-state index contributed by atoms with van der Waals surface area (Å²) in [7, 11) is 0. The third-order valence-corrected chi connectivity index (χ3v) is 6.75. The highest BCUT2D eigenvalue weighted by molar-refractivity contribution is 7.20. The average molecular weight is 412 g/mol. The first-order chi connectivity index (χ1) is 14.0. The summed E-state index contributed by atoms with van der Waals surface area (Å²) in [5, 5.41) is 3.50. The van der Waals surface area contributed by atoms with Crippen molar-refractivity contribution in [1.29, 1.82) is 0 Å². The average Bonchev–Trinajstić information content (AvgIpc) is 3.11. The number of carbonyl (C=O) groups is 1. The molecule has 2 aromatic carbocycles. The molecular weight excluding hydrogens is 389 g/mol. The Morgan fingerprint density at radius 1 is 1.21 bits per heavy atom. The Balaban J connectivity index is 1.21. The van der Waals surface area contributed by atoms with Crippen molar-refractivity contribution in [2.24, 2.45) is 0 Å². The molecule has 6 rings (SSSR count). The van der Waals surface area contributed by atoms with E-state index in [0.29, 0.717) is 34.6 Å². The number of nitrogens with one attached hydrogen (secondary N) is 1. The molecule has 3 aliphatic rings. The summed E-state index contributed by atoms with van der Waals surface area (Å²) in [5.74, 6) is 0.432. The van der Waals surface area contributed by atoms with E-state index in [0.717, 1.165) is 24.1 Å². The normalized spacial score (nSPS) is 23.6. The van der Waals surface area contributed by atoms with Crippen LogP contribution in [0.15, 0.2) is 42.5 Å². The number of fused-ring (bicyclic) bond motifs is 3. The second kappa shape index (κ2) is 7.39. The molecule has 7 heteroatoms. The smallest absolute Gasteiger partial charge is 0.279 e. The van der Waals surface area contributed by atoms with Crippen LogP contribution in [0.5, 0.6) is 10.9 Å². The number of benzene rings is 2. The van der Waals surface area contributed by atoms with E-state index in [9.17, 15) is 9.18 Å². The van der Waals surface area contributed by atoms with Crippen LogP contribution in [-0.2, 0) is 11.3 Å². The van der Waals surface area contributed by atoms with E-state index in [1.807, 2.05) is 18.2 Å². The Morgan fingerprint density at radius 3 is 2.66 bits per heavy atom. The molecule has 1 saturated carbocycles. The minimum atomic E-state index is -0.329. The van der Waals surface area contributed by atoms with Crippen LogP contribution in [0.25, 0.3) is 10.2 Å². The molecule has 2 saturated heterocycles. The molecule has 3 fully saturated rings. The predicted octanol–water partition coefficient (Wildman–Crippen LogP) is 4.47. The number of aromatic nitrogens is 1. The Kier molecular flexibility index (Phi) is 4.72. The third-order valence-electron chi connectivity index (χ3n) is 5.85. The standard InChI is InChI=1S/C22H22FN3O2S/c1-13(27)24-15-9-16-11-17(10-15)26(16)12-14-5-7-18(8-6-14)28-22-25-21-19(23)3-2-4-20(21)29-22/h2-8,15-17H,9-12H2,1H3,(H,24,27). The molecule has 1 aromatic heterocycles. The summed E-state index contributed by atoms with van der Waals surface area (Å²) < 4.78 is 20.4. The molecule has 150 valence electrons. The van der Waals surface area contributed by atoms with Gasteiger partial charge in [-0.3, -0.25) is 9.69 Å². The van der Waals surface area contributed by atoms with Gasteiger partial charge < -0.3 is 10.1 Å². The minimum absolute atomic E-state index is 0.0642. The predicted molar refractivity (Wildman–Crippen MR) is 111 cm³/mol. The zero-order chi connectivity index (χ0) is 20.0. The maximum absolute atomic E-state index is 13.8. The van der Waals surface area contributed by atoms with Crippen LogP contribution in [0.3, 0.4) is 0 Å². The summed E-state index contributed by atoms with van der Waals surface area (Å²) in [4.78, 5) is 18.1. The fourth-order valence-electron chi connectivity index (χ4n) is 4.54. The van der Waals surface area contributed by atoms with E-state index in [4.69, 9.17) is 4.74 Å². The van der Waals surface area contributed by atoms with Gasteiger partial charge in [0, 0.05) is 31.6 Å². The number of nitrogens with zero attached hydrogens (tertiary/aromatic N) is 2. The minimum Gasteiger partial charge on any atom is -0.431 e. The van der Waals surface area contributed by atoms with E-state index in [-0.39, 0.29) is 11.7 Å². The summed E-state index contributed by atoms with van der Waals surface area (Å²) in [6.07, 6.45) is 3.29. The Bertz CT molecular complexity index is 1040. The molecular formula is C22H22FN3O2S. The molecule has 2 unspecified atom stereocenters. The molecule has 5 nitrogen and oxygen atoms in total. The monoisotopic (exact) mass is 411 g/mol. The molecule has 0 radical (unpaired) electrons. The van der Waals surface area contributed by atoms with Crippen LogP contribution >= 0.6 is 11.3 Å². The highest BCUT2D eigenvalue weighted by Crippen LogP contribution is 2.39. The van der Waals surface area contributed by atoms with Gasteiger partial charge in [0.25, 0.3) is 5.19 Å². The largest absolute Gasteiger partial charge is 0.431 e. The molecule has 0 spiro atoms. The van der Waals surface area contributed by atoms with Crippen molar-refractivity contribution >= 4 is 27.5 Å². The van der Waals surface area contributed by atoms with Crippen LogP contribution in [0.1, 0.15) is 31.7 Å². The van der Waals surface area contributed by atoms with Gasteiger partial charge in [-0.2, -0.15) is 4.98 Å². The SMILES string of the molecule is CC(=O)NC1CC2CC(C1)N2Cc1ccc(Oc2nc3c(F)cccc3s2)cc1. The number of carbonyl (C=O) groups excluding carboxylic acids is 1. The van der Waals surface area contributed by atoms with Gasteiger partial charge in [0.2, 0.25) is 5.91 Å². The molecule has 1 amide bonds. The number of para-hydroxylation sites is 1. The van der Waals surface area contributed by atoms with E-state index < -0.39 is 0 Å². The zero-order valence-electron chi connectivity index (χ0n) is 16.1. The van der Waals surface area contributed by atoms with Crippen molar-refractivity contribution in [1.82, 2.24) is 15.2 Å². The van der Waals surface area contributed by atoms with Crippen molar-refractivity contribution < 1.29 is 13.9 Å². The number of piperidine rings is 1. The number of rotatable bonds is 5. The van der Waals surface area contributed by atoms with Gasteiger partial charge in [-0.1, -0.05) is 29.5 Å². The zero-order valence-corrected chi connectivity index (χ0v) is 16.9. The van der Waals surface area contributed by atoms with E-state index in [1.54, 1.807) is 13.0 Å². The van der Waals surface area contributed by atoms with Gasteiger partial charge in [0.1, 0.15) is 17.1 Å². The van der Waals surface area contributed by atoms with E-state index in [1.165, 1.54) is 29.4 Å². The Morgan fingerprint density at radius 2 is 1.97 bits per heavy atom. The topological polar surface area (TPSA) is 54.5 Å². The lowest BCUT2D eigenvalue weighted by molar-refractivity contribution is -0.121. The fraction of sp³-hybridized carbons (Fsp3) is 0.364. The first-order valence-corrected chi connectivity index (χ1v) is 10.7. The number of ether oxygens (including phenoxy) is 1. The van der Waals surface area contributed by atoms with Gasteiger partial charge in [0.05, 0.1) is 4.70 Å². The first-order valence-electron chi connectivity index (χ1n) is 9.90. The molecule has 3 aromatic rings. The van der Waals surface area contributed by atoms with Crippen molar-refractivity contribution in [2.75, 3.05) is 0 Å². The highest BCUT2D eigenvalue weighted by Gasteiger charge is 2.45. The van der Waals surface area contributed by atoms with Crippen molar-refractivity contribution in [2.45, 2.75) is 50.9 Å². The Hall–Kier alpha value is -2.51. The second-order valence-electron chi connectivity index (χ2n) is 7.90. The highest BCUT2D eigenvalue weighted by atomic mass is 32.1. The summed E-state index contributed by atoms with van der Waals surface area (Å²) >= 11 is 1.34. The second-order valence-corrected chi connectivity index (χ2v) is 8.89. The number of hydrogen-bond acceptors (Lipinski definition) is 5. The molecule has 2 aliphatic heterocycles.